The molecule has 0 fully saturated rings. The fourth-order valence-electron chi connectivity index (χ4n) is 2.61. The van der Waals surface area contributed by atoms with Crippen molar-refractivity contribution < 1.29 is 4.79 Å². The molecule has 1 N–H and O–H groups in total. The predicted octanol–water partition coefficient (Wildman–Crippen LogP) is 4.61. The van der Waals surface area contributed by atoms with Crippen LogP contribution in [0.25, 0.3) is 5.65 Å². The molecule has 2 aromatic heterocycles. The number of benzene rings is 1. The minimum absolute atomic E-state index is 0.131. The molecule has 0 aliphatic carbocycles. The summed E-state index contributed by atoms with van der Waals surface area (Å²) in [6.45, 7) is 4.07. The Kier molecular flexibility index (Phi) is 4.48. The number of imidazole rings is 1. The van der Waals surface area contributed by atoms with Crippen LogP contribution in [0.3, 0.4) is 0 Å². The molecule has 23 heavy (non-hydrogen) atoms. The van der Waals surface area contributed by atoms with Gasteiger partial charge in [-0.2, -0.15) is 0 Å². The van der Waals surface area contributed by atoms with Crippen LogP contribution in [0.1, 0.15) is 35.1 Å². The second kappa shape index (κ2) is 6.54. The summed E-state index contributed by atoms with van der Waals surface area (Å²) in [6, 6.07) is 11.6. The van der Waals surface area contributed by atoms with Crippen LogP contribution in [0.5, 0.6) is 0 Å². The minimum Gasteiger partial charge on any atom is -0.320 e. The van der Waals surface area contributed by atoms with E-state index in [4.69, 9.17) is 0 Å². The van der Waals surface area contributed by atoms with E-state index in [9.17, 15) is 4.79 Å². The van der Waals surface area contributed by atoms with Crippen LogP contribution in [-0.2, 0) is 6.42 Å². The molecule has 0 bridgehead atoms. The lowest BCUT2D eigenvalue weighted by Crippen LogP contribution is -2.17. The lowest BCUT2D eigenvalue weighted by Gasteiger charge is -2.09. The first-order valence-corrected chi connectivity index (χ1v) is 8.43. The third kappa shape index (κ3) is 3.15. The van der Waals surface area contributed by atoms with E-state index in [1.807, 2.05) is 53.9 Å². The number of carbonyl (C=O) groups excluding carboxylic acids is 1. The molecule has 1 aromatic carbocycles. The van der Waals surface area contributed by atoms with Crippen molar-refractivity contribution in [3.8, 4) is 0 Å². The standard InChI is InChI=1S/C18H18BrN3O/c1-3-6-15-17(22-11-13(19)9-10-16(22)20-15)18(23)21-14-8-5-4-7-12(14)2/h4-5,7-11H,3,6H2,1-2H3,(H,21,23). The maximum Gasteiger partial charge on any atom is 0.274 e. The number of nitrogens with zero attached hydrogens (tertiary/aromatic N) is 2. The van der Waals surface area contributed by atoms with Gasteiger partial charge in [-0.1, -0.05) is 31.5 Å². The molecule has 0 aliphatic rings. The third-order valence-electron chi connectivity index (χ3n) is 3.75. The Morgan fingerprint density at radius 3 is 2.78 bits per heavy atom. The van der Waals surface area contributed by atoms with Gasteiger partial charge in [-0.15, -0.1) is 0 Å². The van der Waals surface area contributed by atoms with Gasteiger partial charge in [0.25, 0.3) is 5.91 Å². The number of pyridine rings is 1. The zero-order valence-electron chi connectivity index (χ0n) is 13.1. The van der Waals surface area contributed by atoms with E-state index in [-0.39, 0.29) is 5.91 Å². The number of fused-ring (bicyclic) bond motifs is 1. The Morgan fingerprint density at radius 2 is 2.04 bits per heavy atom. The first-order chi connectivity index (χ1) is 11.1. The first kappa shape index (κ1) is 15.7. The molecule has 118 valence electrons. The lowest BCUT2D eigenvalue weighted by molar-refractivity contribution is 0.102. The van der Waals surface area contributed by atoms with E-state index in [0.717, 1.165) is 39.9 Å². The van der Waals surface area contributed by atoms with Crippen LogP contribution in [0, 0.1) is 6.92 Å². The van der Waals surface area contributed by atoms with E-state index >= 15 is 0 Å². The van der Waals surface area contributed by atoms with Gasteiger partial charge in [0, 0.05) is 16.4 Å². The fraction of sp³-hybridized carbons (Fsp3) is 0.222. The van der Waals surface area contributed by atoms with Crippen molar-refractivity contribution in [1.29, 1.82) is 0 Å². The molecule has 1 amide bonds. The van der Waals surface area contributed by atoms with E-state index in [1.54, 1.807) is 0 Å². The number of aromatic nitrogens is 2. The zero-order chi connectivity index (χ0) is 16.4. The SMILES string of the molecule is CCCc1nc2ccc(Br)cn2c1C(=O)Nc1ccccc1C. The number of aryl methyl sites for hydroxylation is 2. The maximum absolute atomic E-state index is 12.9. The number of halogens is 1. The quantitative estimate of drug-likeness (QED) is 0.727. The van der Waals surface area contributed by atoms with Gasteiger partial charge in [-0.05, 0) is 53.0 Å². The topological polar surface area (TPSA) is 46.4 Å². The molecule has 0 aliphatic heterocycles. The number of nitrogens with one attached hydrogen (secondary N) is 1. The molecular formula is C18H18BrN3O. The lowest BCUT2D eigenvalue weighted by atomic mass is 10.1. The Morgan fingerprint density at radius 1 is 1.26 bits per heavy atom. The number of carbonyl (C=O) groups is 1. The smallest absolute Gasteiger partial charge is 0.274 e. The van der Waals surface area contributed by atoms with Crippen LogP contribution in [0.2, 0.25) is 0 Å². The number of para-hydroxylation sites is 1. The van der Waals surface area contributed by atoms with Crippen molar-refractivity contribution in [2.24, 2.45) is 0 Å². The molecule has 3 aromatic rings. The van der Waals surface area contributed by atoms with Gasteiger partial charge >= 0.3 is 0 Å². The Bertz CT molecular complexity index is 870. The van der Waals surface area contributed by atoms with Crippen LogP contribution >= 0.6 is 15.9 Å². The number of hydrogen-bond acceptors (Lipinski definition) is 2. The summed E-state index contributed by atoms with van der Waals surface area (Å²) in [5.41, 5.74) is 4.08. The van der Waals surface area contributed by atoms with Crippen molar-refractivity contribution in [2.75, 3.05) is 5.32 Å². The summed E-state index contributed by atoms with van der Waals surface area (Å²) in [7, 11) is 0. The van der Waals surface area contributed by atoms with E-state index in [0.29, 0.717) is 5.69 Å². The fourth-order valence-corrected chi connectivity index (χ4v) is 2.95. The Labute approximate surface area is 143 Å². The van der Waals surface area contributed by atoms with Crippen molar-refractivity contribution in [3.63, 3.8) is 0 Å². The number of rotatable bonds is 4. The zero-order valence-corrected chi connectivity index (χ0v) is 14.7. The van der Waals surface area contributed by atoms with Gasteiger partial charge in [-0.3, -0.25) is 9.20 Å². The monoisotopic (exact) mass is 371 g/mol. The van der Waals surface area contributed by atoms with Crippen molar-refractivity contribution >= 4 is 33.2 Å². The highest BCUT2D eigenvalue weighted by atomic mass is 79.9. The summed E-state index contributed by atoms with van der Waals surface area (Å²) in [4.78, 5) is 17.5. The molecule has 0 spiro atoms. The van der Waals surface area contributed by atoms with Gasteiger partial charge in [0.1, 0.15) is 11.3 Å². The van der Waals surface area contributed by atoms with Crippen molar-refractivity contribution in [1.82, 2.24) is 9.38 Å². The molecule has 5 heteroatoms. The van der Waals surface area contributed by atoms with Gasteiger partial charge < -0.3 is 5.32 Å². The molecule has 2 heterocycles. The minimum atomic E-state index is -0.131. The summed E-state index contributed by atoms with van der Waals surface area (Å²) in [5.74, 6) is -0.131. The third-order valence-corrected chi connectivity index (χ3v) is 4.22. The molecule has 0 atom stereocenters. The highest BCUT2D eigenvalue weighted by molar-refractivity contribution is 9.10. The highest BCUT2D eigenvalue weighted by Crippen LogP contribution is 2.21. The number of anilines is 1. The first-order valence-electron chi connectivity index (χ1n) is 7.63. The molecule has 0 unspecified atom stereocenters. The van der Waals surface area contributed by atoms with Crippen LogP contribution in [0.4, 0.5) is 5.69 Å². The average Bonchev–Trinajstić information content (AvgIpc) is 2.87. The van der Waals surface area contributed by atoms with E-state index < -0.39 is 0 Å². The summed E-state index contributed by atoms with van der Waals surface area (Å²) >= 11 is 3.46. The summed E-state index contributed by atoms with van der Waals surface area (Å²) in [5, 5.41) is 3.01. The van der Waals surface area contributed by atoms with E-state index in [1.165, 1.54) is 0 Å². The van der Waals surface area contributed by atoms with Crippen LogP contribution in [-0.4, -0.2) is 15.3 Å². The van der Waals surface area contributed by atoms with Crippen molar-refractivity contribution in [3.05, 3.63) is 64.0 Å². The van der Waals surface area contributed by atoms with Crippen molar-refractivity contribution in [2.45, 2.75) is 26.7 Å². The van der Waals surface area contributed by atoms with E-state index in [2.05, 4.69) is 33.2 Å². The second-order valence-electron chi connectivity index (χ2n) is 5.50. The van der Waals surface area contributed by atoms with Crippen LogP contribution in [0.15, 0.2) is 47.1 Å². The number of hydrogen-bond donors (Lipinski definition) is 1. The van der Waals surface area contributed by atoms with Gasteiger partial charge in [0.05, 0.1) is 5.69 Å². The Hall–Kier alpha value is -2.14. The summed E-state index contributed by atoms with van der Waals surface area (Å²) < 4.78 is 2.76. The largest absolute Gasteiger partial charge is 0.320 e. The summed E-state index contributed by atoms with van der Waals surface area (Å²) in [6.07, 6.45) is 3.60. The molecule has 0 saturated heterocycles. The molecule has 3 rings (SSSR count). The molecular weight excluding hydrogens is 354 g/mol. The molecule has 0 saturated carbocycles. The highest BCUT2D eigenvalue weighted by Gasteiger charge is 2.19. The normalized spacial score (nSPS) is 10.9. The predicted molar refractivity (Wildman–Crippen MR) is 96.0 cm³/mol. The molecule has 4 nitrogen and oxygen atoms in total. The molecule has 0 radical (unpaired) electrons. The van der Waals surface area contributed by atoms with Gasteiger partial charge in [0.15, 0.2) is 0 Å². The second-order valence-corrected chi connectivity index (χ2v) is 6.42. The number of amides is 1. The Balaban J connectivity index is 2.06. The van der Waals surface area contributed by atoms with Gasteiger partial charge in [0.2, 0.25) is 0 Å². The van der Waals surface area contributed by atoms with Crippen LogP contribution < -0.4 is 5.32 Å². The van der Waals surface area contributed by atoms with Gasteiger partial charge in [-0.25, -0.2) is 4.98 Å². The average molecular weight is 372 g/mol. The maximum atomic E-state index is 12.9.